The number of halogens is 2. The second-order valence-corrected chi connectivity index (χ2v) is 5.92. The van der Waals surface area contributed by atoms with E-state index in [2.05, 4.69) is 9.99 Å². The molecule has 114 valence electrons. The zero-order chi connectivity index (χ0) is 16.1. The zero-order valence-corrected chi connectivity index (χ0v) is 13.7. The number of nitro groups is 1. The van der Waals surface area contributed by atoms with E-state index in [1.807, 2.05) is 0 Å². The van der Waals surface area contributed by atoms with Gasteiger partial charge in [-0.3, -0.25) is 10.1 Å². The van der Waals surface area contributed by atoms with Crippen molar-refractivity contribution < 1.29 is 9.76 Å². The van der Waals surface area contributed by atoms with Crippen molar-refractivity contribution in [2.45, 2.75) is 9.79 Å². The molecule has 0 saturated heterocycles. The molecule has 0 radical (unpaired) electrons. The van der Waals surface area contributed by atoms with Crippen LogP contribution >= 0.6 is 35.0 Å². The third-order valence-corrected chi connectivity index (χ3v) is 4.68. The molecule has 0 unspecified atom stereocenters. The molecule has 0 atom stereocenters. The van der Waals surface area contributed by atoms with E-state index >= 15 is 0 Å². The van der Waals surface area contributed by atoms with Crippen LogP contribution < -0.4 is 0 Å². The summed E-state index contributed by atoms with van der Waals surface area (Å²) in [6.07, 6.45) is 1.39. The molecule has 0 bridgehead atoms. The third-order valence-electron chi connectivity index (χ3n) is 2.62. The molecule has 0 aliphatic rings. The summed E-state index contributed by atoms with van der Waals surface area (Å²) in [5, 5.41) is 15.7. The maximum atomic E-state index is 11.3. The first-order chi connectivity index (χ1) is 10.5. The van der Waals surface area contributed by atoms with E-state index in [0.717, 1.165) is 11.8 Å². The number of nitro benzene ring substituents is 1. The number of nitrogens with zero attached hydrogens (tertiary/aromatic N) is 2. The van der Waals surface area contributed by atoms with Gasteiger partial charge in [0.15, 0.2) is 0 Å². The van der Waals surface area contributed by atoms with E-state index in [4.69, 9.17) is 23.2 Å². The Labute approximate surface area is 141 Å². The molecule has 0 amide bonds. The molecule has 2 aromatic rings. The number of oxime groups is 1. The summed E-state index contributed by atoms with van der Waals surface area (Å²) in [5.74, 6) is 0. The lowest BCUT2D eigenvalue weighted by Gasteiger charge is -2.07. The molecular weight excluding hydrogens is 347 g/mol. The minimum atomic E-state index is -0.461. The molecule has 2 aromatic carbocycles. The maximum Gasteiger partial charge on any atom is 0.283 e. The van der Waals surface area contributed by atoms with E-state index in [1.165, 1.54) is 19.4 Å². The maximum absolute atomic E-state index is 11.3. The Bertz CT molecular complexity index is 718. The minimum Gasteiger partial charge on any atom is -0.399 e. The first-order valence-corrected chi connectivity index (χ1v) is 7.57. The first-order valence-electron chi connectivity index (χ1n) is 5.99. The molecule has 22 heavy (non-hydrogen) atoms. The van der Waals surface area contributed by atoms with Crippen LogP contribution in [0.1, 0.15) is 5.56 Å². The Balaban J connectivity index is 2.42. The van der Waals surface area contributed by atoms with Gasteiger partial charge in [-0.15, -0.1) is 0 Å². The van der Waals surface area contributed by atoms with Gasteiger partial charge in [0, 0.05) is 16.5 Å². The number of rotatable bonds is 5. The van der Waals surface area contributed by atoms with Crippen LogP contribution in [0.15, 0.2) is 51.3 Å². The van der Waals surface area contributed by atoms with Gasteiger partial charge < -0.3 is 4.84 Å². The molecule has 0 aliphatic carbocycles. The molecule has 0 aliphatic heterocycles. The molecule has 5 nitrogen and oxygen atoms in total. The Morgan fingerprint density at radius 2 is 1.95 bits per heavy atom. The van der Waals surface area contributed by atoms with Gasteiger partial charge in [0.1, 0.15) is 7.11 Å². The third kappa shape index (κ3) is 3.91. The van der Waals surface area contributed by atoms with Gasteiger partial charge in [0.2, 0.25) is 0 Å². The summed E-state index contributed by atoms with van der Waals surface area (Å²) in [6, 6.07) is 9.81. The van der Waals surface area contributed by atoms with Crippen molar-refractivity contribution in [3.63, 3.8) is 0 Å². The number of benzene rings is 2. The van der Waals surface area contributed by atoms with Crippen molar-refractivity contribution in [3.05, 3.63) is 62.1 Å². The Morgan fingerprint density at radius 3 is 2.55 bits per heavy atom. The predicted molar refractivity (Wildman–Crippen MR) is 88.3 cm³/mol. The fourth-order valence-corrected chi connectivity index (χ4v) is 3.20. The molecule has 0 heterocycles. The van der Waals surface area contributed by atoms with E-state index in [0.29, 0.717) is 25.4 Å². The smallest absolute Gasteiger partial charge is 0.283 e. The summed E-state index contributed by atoms with van der Waals surface area (Å²) >= 11 is 13.3. The van der Waals surface area contributed by atoms with Crippen LogP contribution in [0.4, 0.5) is 5.69 Å². The van der Waals surface area contributed by atoms with Crippen LogP contribution in [-0.2, 0) is 4.84 Å². The molecule has 8 heteroatoms. The van der Waals surface area contributed by atoms with Gasteiger partial charge >= 0.3 is 0 Å². The SMILES string of the molecule is CO/N=C\c1ccc(Sc2c(Cl)cccc2Cl)c([N+](=O)[O-])c1. The van der Waals surface area contributed by atoms with Crippen LogP contribution in [-0.4, -0.2) is 18.2 Å². The predicted octanol–water partition coefficient (Wildman–Crippen LogP) is 5.03. The molecule has 0 aromatic heterocycles. The lowest BCUT2D eigenvalue weighted by atomic mass is 10.2. The van der Waals surface area contributed by atoms with Gasteiger partial charge in [-0.05, 0) is 18.2 Å². The Morgan fingerprint density at radius 1 is 1.27 bits per heavy atom. The summed E-state index contributed by atoms with van der Waals surface area (Å²) in [6.45, 7) is 0. The van der Waals surface area contributed by atoms with E-state index in [1.54, 1.807) is 30.3 Å². The molecule has 2 rings (SSSR count). The lowest BCUT2D eigenvalue weighted by Crippen LogP contribution is -1.93. The lowest BCUT2D eigenvalue weighted by molar-refractivity contribution is -0.387. The molecular formula is C14H10Cl2N2O3S. The van der Waals surface area contributed by atoms with E-state index in [-0.39, 0.29) is 5.69 Å². The van der Waals surface area contributed by atoms with Gasteiger partial charge in [-0.1, -0.05) is 52.3 Å². The minimum absolute atomic E-state index is 0.0546. The summed E-state index contributed by atoms with van der Waals surface area (Å²) in [7, 11) is 1.40. The van der Waals surface area contributed by atoms with Gasteiger partial charge in [0.05, 0.1) is 26.1 Å². The highest BCUT2D eigenvalue weighted by Gasteiger charge is 2.18. The molecule has 0 saturated carbocycles. The summed E-state index contributed by atoms with van der Waals surface area (Å²) in [5.41, 5.74) is 0.504. The van der Waals surface area contributed by atoms with Crippen LogP contribution in [0, 0.1) is 10.1 Å². The monoisotopic (exact) mass is 356 g/mol. The van der Waals surface area contributed by atoms with Crippen molar-refractivity contribution in [3.8, 4) is 0 Å². The largest absolute Gasteiger partial charge is 0.399 e. The first kappa shape index (κ1) is 16.6. The Hall–Kier alpha value is -1.76. The zero-order valence-electron chi connectivity index (χ0n) is 11.3. The van der Waals surface area contributed by atoms with Gasteiger partial charge in [-0.25, -0.2) is 0 Å². The highest BCUT2D eigenvalue weighted by atomic mass is 35.5. The molecule has 0 spiro atoms. The number of hydrogen-bond acceptors (Lipinski definition) is 5. The topological polar surface area (TPSA) is 64.7 Å². The standard InChI is InChI=1S/C14H10Cl2N2O3S/c1-21-17-8-9-5-6-13(12(7-9)18(19)20)22-14-10(15)3-2-4-11(14)16/h2-8H,1H3/b17-8-. The highest BCUT2D eigenvalue weighted by molar-refractivity contribution is 7.99. The van der Waals surface area contributed by atoms with Gasteiger partial charge in [0.25, 0.3) is 5.69 Å². The van der Waals surface area contributed by atoms with E-state index < -0.39 is 4.92 Å². The fourth-order valence-electron chi connectivity index (χ4n) is 1.65. The second kappa shape index (κ2) is 7.49. The quantitative estimate of drug-likeness (QED) is 0.428. The van der Waals surface area contributed by atoms with Crippen LogP contribution in [0.2, 0.25) is 10.0 Å². The van der Waals surface area contributed by atoms with Crippen LogP contribution in [0.25, 0.3) is 0 Å². The fraction of sp³-hybridized carbons (Fsp3) is 0.0714. The summed E-state index contributed by atoms with van der Waals surface area (Å²) in [4.78, 5) is 16.4. The average Bonchev–Trinajstić information content (AvgIpc) is 2.49. The molecule has 0 fully saturated rings. The summed E-state index contributed by atoms with van der Waals surface area (Å²) < 4.78 is 0. The average molecular weight is 357 g/mol. The van der Waals surface area contributed by atoms with Crippen molar-refractivity contribution in [2.75, 3.05) is 7.11 Å². The van der Waals surface area contributed by atoms with Crippen LogP contribution in [0.3, 0.4) is 0 Å². The van der Waals surface area contributed by atoms with Crippen molar-refractivity contribution in [1.29, 1.82) is 0 Å². The Kier molecular flexibility index (Phi) is 5.65. The normalized spacial score (nSPS) is 10.9. The van der Waals surface area contributed by atoms with Crippen LogP contribution in [0.5, 0.6) is 0 Å². The van der Waals surface area contributed by atoms with E-state index in [9.17, 15) is 10.1 Å². The second-order valence-electron chi connectivity index (χ2n) is 4.05. The van der Waals surface area contributed by atoms with Crippen molar-refractivity contribution >= 4 is 46.9 Å². The highest BCUT2D eigenvalue weighted by Crippen LogP contribution is 2.41. The van der Waals surface area contributed by atoms with Gasteiger partial charge in [-0.2, -0.15) is 0 Å². The van der Waals surface area contributed by atoms with Crippen molar-refractivity contribution in [2.24, 2.45) is 5.16 Å². The number of hydrogen-bond donors (Lipinski definition) is 0. The van der Waals surface area contributed by atoms with Crippen molar-refractivity contribution in [1.82, 2.24) is 0 Å². The molecule has 0 N–H and O–H groups in total.